The fraction of sp³-hybridized carbons (Fsp3) is 0.857. The first-order valence-electron chi connectivity index (χ1n) is 7.03. The Morgan fingerprint density at radius 3 is 2.44 bits per heavy atom. The van der Waals surface area contributed by atoms with Gasteiger partial charge in [0.15, 0.2) is 0 Å². The Bertz CT molecular complexity index is 299. The van der Waals surface area contributed by atoms with Gasteiger partial charge in [-0.25, -0.2) is 0 Å². The Balaban J connectivity index is 2.67. The van der Waals surface area contributed by atoms with E-state index in [2.05, 4.69) is 13.8 Å². The van der Waals surface area contributed by atoms with Crippen LogP contribution in [0.15, 0.2) is 0 Å². The topological polar surface area (TPSA) is 57.6 Å². The standard InChI is InChI=1S/C14H25NO3/c1-4-11(5-2)10(3)14(18)15-8-6-7-12(15)9-13(16)17/h10-12H,4-9H2,1-3H3,(H,16,17). The molecule has 0 aromatic rings. The fourth-order valence-electron chi connectivity index (χ4n) is 3.00. The van der Waals surface area contributed by atoms with E-state index in [9.17, 15) is 9.59 Å². The van der Waals surface area contributed by atoms with Crippen molar-refractivity contribution in [2.75, 3.05) is 6.54 Å². The third-order valence-corrected chi connectivity index (χ3v) is 4.22. The number of carboxylic acids is 1. The van der Waals surface area contributed by atoms with Crippen LogP contribution in [0, 0.1) is 11.8 Å². The van der Waals surface area contributed by atoms with Gasteiger partial charge in [0.2, 0.25) is 5.91 Å². The highest BCUT2D eigenvalue weighted by molar-refractivity contribution is 5.80. The van der Waals surface area contributed by atoms with Crippen molar-refractivity contribution < 1.29 is 14.7 Å². The minimum atomic E-state index is -0.810. The molecule has 1 fully saturated rings. The minimum Gasteiger partial charge on any atom is -0.481 e. The van der Waals surface area contributed by atoms with Crippen LogP contribution in [0.25, 0.3) is 0 Å². The monoisotopic (exact) mass is 255 g/mol. The highest BCUT2D eigenvalue weighted by Crippen LogP contribution is 2.27. The summed E-state index contributed by atoms with van der Waals surface area (Å²) < 4.78 is 0. The average molecular weight is 255 g/mol. The van der Waals surface area contributed by atoms with E-state index < -0.39 is 5.97 Å². The van der Waals surface area contributed by atoms with E-state index >= 15 is 0 Å². The maximum absolute atomic E-state index is 12.4. The molecule has 1 N–H and O–H groups in total. The predicted molar refractivity (Wildman–Crippen MR) is 70.2 cm³/mol. The average Bonchev–Trinajstić information content (AvgIpc) is 2.76. The summed E-state index contributed by atoms with van der Waals surface area (Å²) >= 11 is 0. The molecule has 1 heterocycles. The molecule has 1 aliphatic rings. The van der Waals surface area contributed by atoms with Crippen LogP contribution in [0.2, 0.25) is 0 Å². The summed E-state index contributed by atoms with van der Waals surface area (Å²) in [5.41, 5.74) is 0. The van der Waals surface area contributed by atoms with Crippen LogP contribution in [-0.4, -0.2) is 34.5 Å². The third kappa shape index (κ3) is 3.47. The highest BCUT2D eigenvalue weighted by atomic mass is 16.4. The van der Waals surface area contributed by atoms with Crippen molar-refractivity contribution in [1.82, 2.24) is 4.90 Å². The Labute approximate surface area is 109 Å². The highest BCUT2D eigenvalue weighted by Gasteiger charge is 2.34. The smallest absolute Gasteiger partial charge is 0.305 e. The van der Waals surface area contributed by atoms with Crippen LogP contribution in [0.4, 0.5) is 0 Å². The molecule has 0 aromatic carbocycles. The summed E-state index contributed by atoms with van der Waals surface area (Å²) in [5.74, 6) is -0.250. The van der Waals surface area contributed by atoms with Crippen LogP contribution in [0.3, 0.4) is 0 Å². The second-order valence-corrected chi connectivity index (χ2v) is 5.29. The van der Waals surface area contributed by atoms with Gasteiger partial charge in [0.1, 0.15) is 0 Å². The molecule has 0 spiro atoms. The van der Waals surface area contributed by atoms with Gasteiger partial charge in [-0.1, -0.05) is 33.6 Å². The van der Waals surface area contributed by atoms with E-state index in [1.165, 1.54) is 0 Å². The van der Waals surface area contributed by atoms with E-state index in [4.69, 9.17) is 5.11 Å². The van der Waals surface area contributed by atoms with Crippen LogP contribution >= 0.6 is 0 Å². The molecule has 1 saturated heterocycles. The summed E-state index contributed by atoms with van der Waals surface area (Å²) in [6, 6.07) is -0.0909. The zero-order chi connectivity index (χ0) is 13.7. The van der Waals surface area contributed by atoms with Crippen molar-refractivity contribution in [2.24, 2.45) is 11.8 Å². The number of rotatable bonds is 6. The van der Waals surface area contributed by atoms with Gasteiger partial charge >= 0.3 is 5.97 Å². The first-order valence-corrected chi connectivity index (χ1v) is 7.03. The van der Waals surface area contributed by atoms with E-state index in [0.29, 0.717) is 5.92 Å². The molecule has 4 nitrogen and oxygen atoms in total. The van der Waals surface area contributed by atoms with Gasteiger partial charge in [-0.15, -0.1) is 0 Å². The number of aliphatic carboxylic acids is 1. The van der Waals surface area contributed by atoms with Crippen molar-refractivity contribution in [3.63, 3.8) is 0 Å². The number of likely N-dealkylation sites (tertiary alicyclic amines) is 1. The molecule has 0 saturated carbocycles. The van der Waals surface area contributed by atoms with E-state index in [1.54, 1.807) is 4.90 Å². The first kappa shape index (κ1) is 15.0. The Morgan fingerprint density at radius 2 is 1.94 bits per heavy atom. The number of carbonyl (C=O) groups is 2. The zero-order valence-corrected chi connectivity index (χ0v) is 11.7. The van der Waals surface area contributed by atoms with Crippen LogP contribution < -0.4 is 0 Å². The summed E-state index contributed by atoms with van der Waals surface area (Å²) in [4.78, 5) is 25.0. The lowest BCUT2D eigenvalue weighted by Crippen LogP contribution is -2.41. The fourth-order valence-corrected chi connectivity index (χ4v) is 3.00. The SMILES string of the molecule is CCC(CC)C(C)C(=O)N1CCCC1CC(=O)O. The molecule has 0 bridgehead atoms. The normalized spacial score (nSPS) is 21.3. The largest absolute Gasteiger partial charge is 0.481 e. The molecule has 1 amide bonds. The number of carboxylic acid groups (broad SMARTS) is 1. The zero-order valence-electron chi connectivity index (χ0n) is 11.7. The van der Waals surface area contributed by atoms with E-state index in [1.807, 2.05) is 6.92 Å². The molecular weight excluding hydrogens is 230 g/mol. The molecule has 18 heavy (non-hydrogen) atoms. The summed E-state index contributed by atoms with van der Waals surface area (Å²) in [7, 11) is 0. The Kier molecular flexibility index (Phi) is 5.63. The van der Waals surface area contributed by atoms with Crippen LogP contribution in [-0.2, 0) is 9.59 Å². The van der Waals surface area contributed by atoms with Gasteiger partial charge in [0.05, 0.1) is 6.42 Å². The second-order valence-electron chi connectivity index (χ2n) is 5.29. The third-order valence-electron chi connectivity index (χ3n) is 4.22. The minimum absolute atomic E-state index is 0.00870. The number of amides is 1. The lowest BCUT2D eigenvalue weighted by Gasteiger charge is -2.29. The van der Waals surface area contributed by atoms with E-state index in [-0.39, 0.29) is 24.3 Å². The molecule has 0 aromatic heterocycles. The van der Waals surface area contributed by atoms with Gasteiger partial charge in [-0.05, 0) is 18.8 Å². The van der Waals surface area contributed by atoms with Gasteiger partial charge in [-0.3, -0.25) is 9.59 Å². The number of hydrogen-bond donors (Lipinski definition) is 1. The maximum Gasteiger partial charge on any atom is 0.305 e. The molecule has 4 heteroatoms. The summed E-state index contributed by atoms with van der Waals surface area (Å²) in [6.07, 6.45) is 3.84. The predicted octanol–water partition coefficient (Wildman–Crippen LogP) is 2.52. The molecule has 1 rings (SSSR count). The Morgan fingerprint density at radius 1 is 1.33 bits per heavy atom. The van der Waals surface area contributed by atoms with Crippen LogP contribution in [0.5, 0.6) is 0 Å². The van der Waals surface area contributed by atoms with Crippen molar-refractivity contribution in [2.45, 2.75) is 58.9 Å². The van der Waals surface area contributed by atoms with Gasteiger partial charge in [-0.2, -0.15) is 0 Å². The first-order chi connectivity index (χ1) is 8.51. The Hall–Kier alpha value is -1.06. The van der Waals surface area contributed by atoms with Crippen molar-refractivity contribution >= 4 is 11.9 Å². The van der Waals surface area contributed by atoms with Crippen molar-refractivity contribution in [1.29, 1.82) is 0 Å². The summed E-state index contributed by atoms with van der Waals surface area (Å²) in [5, 5.41) is 8.88. The molecule has 2 atom stereocenters. The maximum atomic E-state index is 12.4. The lowest BCUT2D eigenvalue weighted by atomic mass is 9.88. The van der Waals surface area contributed by atoms with Crippen LogP contribution in [0.1, 0.15) is 52.9 Å². The number of carbonyl (C=O) groups excluding carboxylic acids is 1. The second kappa shape index (κ2) is 6.76. The van der Waals surface area contributed by atoms with Crippen molar-refractivity contribution in [3.05, 3.63) is 0 Å². The summed E-state index contributed by atoms with van der Waals surface area (Å²) in [6.45, 7) is 6.92. The molecule has 1 aliphatic heterocycles. The van der Waals surface area contributed by atoms with E-state index in [0.717, 1.165) is 32.2 Å². The quantitative estimate of drug-likeness (QED) is 0.793. The molecule has 104 valence electrons. The lowest BCUT2D eigenvalue weighted by molar-refractivity contribution is -0.141. The van der Waals surface area contributed by atoms with Gasteiger partial charge in [0, 0.05) is 18.5 Å². The van der Waals surface area contributed by atoms with Crippen molar-refractivity contribution in [3.8, 4) is 0 Å². The molecule has 2 unspecified atom stereocenters. The number of nitrogens with zero attached hydrogens (tertiary/aromatic N) is 1. The molecular formula is C14H25NO3. The van der Waals surface area contributed by atoms with Gasteiger partial charge < -0.3 is 10.0 Å². The number of hydrogen-bond acceptors (Lipinski definition) is 2. The van der Waals surface area contributed by atoms with Gasteiger partial charge in [0.25, 0.3) is 0 Å². The molecule has 0 aliphatic carbocycles. The molecule has 0 radical (unpaired) electrons.